The van der Waals surface area contributed by atoms with E-state index in [9.17, 15) is 9.90 Å². The van der Waals surface area contributed by atoms with Crippen LogP contribution >= 0.6 is 0 Å². The van der Waals surface area contributed by atoms with E-state index in [2.05, 4.69) is 5.32 Å². The number of aryl methyl sites for hydroxylation is 2. The van der Waals surface area contributed by atoms with Crippen molar-refractivity contribution in [3.63, 3.8) is 0 Å². The molecule has 94 valence electrons. The van der Waals surface area contributed by atoms with Crippen LogP contribution in [0.3, 0.4) is 0 Å². The molecule has 0 bridgehead atoms. The molecule has 18 heavy (non-hydrogen) atoms. The molecule has 0 aliphatic rings. The molecule has 0 saturated heterocycles. The highest BCUT2D eigenvalue weighted by molar-refractivity contribution is 5.94. The Bertz CT molecular complexity index is 573. The minimum atomic E-state index is -0.186. The van der Waals surface area contributed by atoms with E-state index in [1.165, 1.54) is 6.07 Å². The highest BCUT2D eigenvalue weighted by Gasteiger charge is 2.07. The summed E-state index contributed by atoms with van der Waals surface area (Å²) >= 11 is 0. The first-order valence-corrected chi connectivity index (χ1v) is 5.75. The second-order valence-electron chi connectivity index (χ2n) is 4.37. The summed E-state index contributed by atoms with van der Waals surface area (Å²) in [6.07, 6.45) is 3.88. The van der Waals surface area contributed by atoms with E-state index in [1.807, 2.05) is 30.1 Å². The number of amides is 1. The second kappa shape index (κ2) is 4.96. The van der Waals surface area contributed by atoms with Crippen LogP contribution in [0.2, 0.25) is 0 Å². The van der Waals surface area contributed by atoms with Gasteiger partial charge >= 0.3 is 0 Å². The van der Waals surface area contributed by atoms with Gasteiger partial charge in [0.05, 0.1) is 0 Å². The van der Waals surface area contributed by atoms with Gasteiger partial charge in [-0.1, -0.05) is 6.07 Å². The zero-order valence-corrected chi connectivity index (χ0v) is 10.5. The number of hydrogen-bond acceptors (Lipinski definition) is 2. The number of carbonyl (C=O) groups is 1. The van der Waals surface area contributed by atoms with E-state index in [0.29, 0.717) is 12.1 Å². The first kappa shape index (κ1) is 12.2. The molecule has 0 saturated carbocycles. The lowest BCUT2D eigenvalue weighted by atomic mass is 10.1. The lowest BCUT2D eigenvalue weighted by Crippen LogP contribution is -2.22. The third-order valence-corrected chi connectivity index (χ3v) is 2.82. The van der Waals surface area contributed by atoms with Crippen LogP contribution in [0.5, 0.6) is 5.75 Å². The molecule has 0 aliphatic carbocycles. The van der Waals surface area contributed by atoms with E-state index < -0.39 is 0 Å². The topological polar surface area (TPSA) is 54.3 Å². The van der Waals surface area contributed by atoms with Gasteiger partial charge in [-0.15, -0.1) is 0 Å². The van der Waals surface area contributed by atoms with Gasteiger partial charge in [-0.05, 0) is 36.2 Å². The summed E-state index contributed by atoms with van der Waals surface area (Å²) in [5.74, 6) is -0.0449. The van der Waals surface area contributed by atoms with Gasteiger partial charge in [0.15, 0.2) is 0 Å². The normalized spacial score (nSPS) is 10.3. The van der Waals surface area contributed by atoms with Crippen molar-refractivity contribution in [3.05, 3.63) is 53.3 Å². The molecule has 2 N–H and O–H groups in total. The van der Waals surface area contributed by atoms with Gasteiger partial charge in [0.1, 0.15) is 5.75 Å². The number of phenols is 1. The van der Waals surface area contributed by atoms with Crippen LogP contribution in [0.25, 0.3) is 0 Å². The third kappa shape index (κ3) is 2.71. The second-order valence-corrected chi connectivity index (χ2v) is 4.37. The van der Waals surface area contributed by atoms with Crippen molar-refractivity contribution in [2.45, 2.75) is 13.5 Å². The first-order chi connectivity index (χ1) is 8.56. The zero-order valence-electron chi connectivity index (χ0n) is 10.5. The minimum Gasteiger partial charge on any atom is -0.508 e. The molecule has 0 unspecified atom stereocenters. The van der Waals surface area contributed by atoms with Crippen LogP contribution in [-0.4, -0.2) is 15.6 Å². The molecule has 1 aromatic carbocycles. The predicted octanol–water partition coefficient (Wildman–Crippen LogP) is 1.97. The molecule has 0 radical (unpaired) electrons. The van der Waals surface area contributed by atoms with E-state index in [4.69, 9.17) is 0 Å². The summed E-state index contributed by atoms with van der Waals surface area (Å²) in [7, 11) is 1.93. The van der Waals surface area contributed by atoms with Crippen LogP contribution in [0.1, 0.15) is 21.5 Å². The Morgan fingerprint density at radius 3 is 2.78 bits per heavy atom. The Balaban J connectivity index is 2.01. The number of carbonyl (C=O) groups excluding carboxylic acids is 1. The van der Waals surface area contributed by atoms with Gasteiger partial charge in [0.2, 0.25) is 0 Å². The molecule has 2 rings (SSSR count). The fraction of sp³-hybridized carbons (Fsp3) is 0.214. The summed E-state index contributed by atoms with van der Waals surface area (Å²) in [6.45, 7) is 2.27. The van der Waals surface area contributed by atoms with Crippen molar-refractivity contribution in [3.8, 4) is 5.75 Å². The zero-order chi connectivity index (χ0) is 13.1. The number of nitrogens with zero attached hydrogens (tertiary/aromatic N) is 1. The Labute approximate surface area is 106 Å². The molecule has 1 heterocycles. The van der Waals surface area contributed by atoms with Crippen LogP contribution in [0, 0.1) is 6.92 Å². The van der Waals surface area contributed by atoms with Crippen molar-refractivity contribution in [1.29, 1.82) is 0 Å². The number of nitrogens with one attached hydrogen (secondary N) is 1. The first-order valence-electron chi connectivity index (χ1n) is 5.75. The molecule has 0 aliphatic heterocycles. The maximum atomic E-state index is 11.9. The average Bonchev–Trinajstić information content (AvgIpc) is 2.75. The summed E-state index contributed by atoms with van der Waals surface area (Å²) in [5, 5.41) is 12.4. The lowest BCUT2D eigenvalue weighted by Gasteiger charge is -2.05. The van der Waals surface area contributed by atoms with Crippen LogP contribution < -0.4 is 5.32 Å². The number of phenolic OH excluding ortho intramolecular Hbond substituents is 1. The van der Waals surface area contributed by atoms with Crippen LogP contribution in [-0.2, 0) is 13.6 Å². The van der Waals surface area contributed by atoms with Gasteiger partial charge in [0.25, 0.3) is 5.91 Å². The number of aromatic hydroxyl groups is 1. The maximum absolute atomic E-state index is 11.9. The highest BCUT2D eigenvalue weighted by atomic mass is 16.3. The van der Waals surface area contributed by atoms with E-state index >= 15 is 0 Å². The number of aromatic nitrogens is 1. The van der Waals surface area contributed by atoms with Crippen LogP contribution in [0.15, 0.2) is 36.7 Å². The molecule has 1 amide bonds. The van der Waals surface area contributed by atoms with Gasteiger partial charge in [-0.2, -0.15) is 0 Å². The van der Waals surface area contributed by atoms with Crippen molar-refractivity contribution >= 4 is 5.91 Å². The summed E-state index contributed by atoms with van der Waals surface area (Å²) in [6, 6.07) is 6.87. The largest absolute Gasteiger partial charge is 0.508 e. The van der Waals surface area contributed by atoms with E-state index in [0.717, 1.165) is 11.1 Å². The molecule has 4 heteroatoms. The Morgan fingerprint density at radius 1 is 1.39 bits per heavy atom. The van der Waals surface area contributed by atoms with Crippen molar-refractivity contribution < 1.29 is 9.90 Å². The van der Waals surface area contributed by atoms with E-state index in [-0.39, 0.29) is 11.7 Å². The van der Waals surface area contributed by atoms with Gasteiger partial charge in [-0.25, -0.2) is 0 Å². The SMILES string of the molecule is Cc1ccc(C(=O)NCc2ccn(C)c2)cc1O. The molecule has 0 atom stereocenters. The van der Waals surface area contributed by atoms with Gasteiger partial charge in [-0.3, -0.25) is 4.79 Å². The number of benzene rings is 1. The molecule has 4 nitrogen and oxygen atoms in total. The minimum absolute atomic E-state index is 0.141. The fourth-order valence-electron chi connectivity index (χ4n) is 1.70. The fourth-order valence-corrected chi connectivity index (χ4v) is 1.70. The maximum Gasteiger partial charge on any atom is 0.251 e. The average molecular weight is 244 g/mol. The Hall–Kier alpha value is -2.23. The molecular weight excluding hydrogens is 228 g/mol. The number of rotatable bonds is 3. The number of hydrogen-bond donors (Lipinski definition) is 2. The van der Waals surface area contributed by atoms with E-state index in [1.54, 1.807) is 19.1 Å². The van der Waals surface area contributed by atoms with Gasteiger partial charge < -0.3 is 15.0 Å². The molecular formula is C14H16N2O2. The molecule has 0 spiro atoms. The third-order valence-electron chi connectivity index (χ3n) is 2.82. The standard InChI is InChI=1S/C14H16N2O2/c1-10-3-4-12(7-13(10)17)14(18)15-8-11-5-6-16(2)9-11/h3-7,9,17H,8H2,1-2H3,(H,15,18). The highest BCUT2D eigenvalue weighted by Crippen LogP contribution is 2.17. The molecule has 0 fully saturated rings. The summed E-state index contributed by atoms with van der Waals surface area (Å²) < 4.78 is 1.93. The Morgan fingerprint density at radius 2 is 2.17 bits per heavy atom. The summed E-state index contributed by atoms with van der Waals surface area (Å²) in [5.41, 5.74) is 2.27. The molecule has 2 aromatic rings. The quantitative estimate of drug-likeness (QED) is 0.867. The van der Waals surface area contributed by atoms with Crippen molar-refractivity contribution in [1.82, 2.24) is 9.88 Å². The Kier molecular flexibility index (Phi) is 3.37. The van der Waals surface area contributed by atoms with Crippen LogP contribution in [0.4, 0.5) is 0 Å². The van der Waals surface area contributed by atoms with Gasteiger partial charge in [0, 0.05) is 31.5 Å². The molecule has 1 aromatic heterocycles. The monoisotopic (exact) mass is 244 g/mol. The van der Waals surface area contributed by atoms with Crippen molar-refractivity contribution in [2.75, 3.05) is 0 Å². The smallest absolute Gasteiger partial charge is 0.251 e. The van der Waals surface area contributed by atoms with Crippen molar-refractivity contribution in [2.24, 2.45) is 7.05 Å². The summed E-state index contributed by atoms with van der Waals surface area (Å²) in [4.78, 5) is 11.9. The predicted molar refractivity (Wildman–Crippen MR) is 69.4 cm³/mol. The lowest BCUT2D eigenvalue weighted by molar-refractivity contribution is 0.0950.